The van der Waals surface area contributed by atoms with Crippen molar-refractivity contribution in [3.63, 3.8) is 0 Å². The first-order valence-corrected chi connectivity index (χ1v) is 9.62. The van der Waals surface area contributed by atoms with Crippen molar-refractivity contribution >= 4 is 17.2 Å². The molecular formula is C17H27N3OS. The van der Waals surface area contributed by atoms with Crippen LogP contribution in [0.3, 0.4) is 0 Å². The molecule has 2 fully saturated rings. The molecular weight excluding hydrogens is 294 g/mol. The molecule has 122 valence electrons. The molecule has 1 amide bonds. The Labute approximate surface area is 137 Å². The summed E-state index contributed by atoms with van der Waals surface area (Å²) in [7, 11) is 0. The number of hydrogen-bond acceptors (Lipinski definition) is 4. The molecule has 22 heavy (non-hydrogen) atoms. The third-order valence-electron chi connectivity index (χ3n) is 4.72. The Balaban J connectivity index is 1.45. The number of carbonyl (C=O) groups is 1. The number of rotatable bonds is 5. The van der Waals surface area contributed by atoms with Gasteiger partial charge in [0, 0.05) is 11.4 Å². The van der Waals surface area contributed by atoms with Crippen molar-refractivity contribution in [2.24, 2.45) is 0 Å². The van der Waals surface area contributed by atoms with Gasteiger partial charge in [-0.15, -0.1) is 11.3 Å². The van der Waals surface area contributed by atoms with Crippen LogP contribution in [0, 0.1) is 0 Å². The van der Waals surface area contributed by atoms with Gasteiger partial charge in [-0.05, 0) is 38.8 Å². The van der Waals surface area contributed by atoms with Gasteiger partial charge in [0.05, 0.1) is 18.7 Å². The number of aromatic nitrogens is 1. The monoisotopic (exact) mass is 321 g/mol. The highest BCUT2D eigenvalue weighted by Crippen LogP contribution is 2.18. The van der Waals surface area contributed by atoms with E-state index in [1.165, 1.54) is 51.6 Å². The molecule has 0 spiro atoms. The second-order valence-electron chi connectivity index (χ2n) is 6.65. The van der Waals surface area contributed by atoms with Crippen LogP contribution in [-0.4, -0.2) is 34.9 Å². The van der Waals surface area contributed by atoms with E-state index in [9.17, 15) is 4.79 Å². The molecule has 0 radical (unpaired) electrons. The Morgan fingerprint density at radius 3 is 2.64 bits per heavy atom. The van der Waals surface area contributed by atoms with Gasteiger partial charge >= 0.3 is 0 Å². The van der Waals surface area contributed by atoms with Gasteiger partial charge in [-0.2, -0.15) is 0 Å². The molecule has 1 saturated heterocycles. The van der Waals surface area contributed by atoms with Crippen molar-refractivity contribution in [1.82, 2.24) is 15.2 Å². The summed E-state index contributed by atoms with van der Waals surface area (Å²) in [5.74, 6) is 0.143. The number of nitrogens with zero attached hydrogens (tertiary/aromatic N) is 2. The van der Waals surface area contributed by atoms with E-state index in [-0.39, 0.29) is 5.91 Å². The molecule has 1 aromatic rings. The standard InChI is InChI=1S/C17H27N3OS/c21-16(18-14-7-3-1-2-4-8-14)11-15-13-22-17(19-15)12-20-9-5-6-10-20/h13-14H,1-12H2,(H,18,21). The summed E-state index contributed by atoms with van der Waals surface area (Å²) in [6.07, 6.45) is 10.5. The first-order chi connectivity index (χ1) is 10.8. The molecule has 1 aromatic heterocycles. The van der Waals surface area contributed by atoms with Crippen LogP contribution in [0.5, 0.6) is 0 Å². The molecule has 0 unspecified atom stereocenters. The highest BCUT2D eigenvalue weighted by atomic mass is 32.1. The van der Waals surface area contributed by atoms with Crippen LogP contribution in [0.2, 0.25) is 0 Å². The van der Waals surface area contributed by atoms with E-state index < -0.39 is 0 Å². The largest absolute Gasteiger partial charge is 0.353 e. The van der Waals surface area contributed by atoms with Crippen molar-refractivity contribution < 1.29 is 4.79 Å². The van der Waals surface area contributed by atoms with Crippen LogP contribution in [0.25, 0.3) is 0 Å². The number of hydrogen-bond donors (Lipinski definition) is 1. The molecule has 2 aliphatic rings. The van der Waals surface area contributed by atoms with Gasteiger partial charge in [0.1, 0.15) is 5.01 Å². The molecule has 1 saturated carbocycles. The van der Waals surface area contributed by atoms with E-state index in [0.717, 1.165) is 30.1 Å². The average molecular weight is 321 g/mol. The predicted octanol–water partition coefficient (Wildman–Crippen LogP) is 3.12. The lowest BCUT2D eigenvalue weighted by Gasteiger charge is -2.15. The Kier molecular flexibility index (Phi) is 5.84. The fourth-order valence-corrected chi connectivity index (χ4v) is 4.34. The summed E-state index contributed by atoms with van der Waals surface area (Å²) in [5, 5.41) is 6.41. The smallest absolute Gasteiger partial charge is 0.226 e. The zero-order valence-electron chi connectivity index (χ0n) is 13.4. The summed E-state index contributed by atoms with van der Waals surface area (Å²) in [6.45, 7) is 3.34. The van der Waals surface area contributed by atoms with Gasteiger partial charge in [0.2, 0.25) is 5.91 Å². The molecule has 0 bridgehead atoms. The van der Waals surface area contributed by atoms with Gasteiger partial charge < -0.3 is 5.32 Å². The minimum Gasteiger partial charge on any atom is -0.353 e. The third-order valence-corrected chi connectivity index (χ3v) is 5.60. The molecule has 1 aliphatic carbocycles. The van der Waals surface area contributed by atoms with Crippen molar-refractivity contribution in [2.75, 3.05) is 13.1 Å². The first kappa shape index (κ1) is 15.9. The zero-order valence-corrected chi connectivity index (χ0v) is 14.2. The van der Waals surface area contributed by atoms with Crippen molar-refractivity contribution in [2.45, 2.75) is 70.4 Å². The third kappa shape index (κ3) is 4.78. The summed E-state index contributed by atoms with van der Waals surface area (Å²) in [4.78, 5) is 19.3. The first-order valence-electron chi connectivity index (χ1n) is 8.74. The molecule has 1 N–H and O–H groups in total. The Bertz CT molecular complexity index is 474. The van der Waals surface area contributed by atoms with Crippen molar-refractivity contribution in [3.05, 3.63) is 16.1 Å². The van der Waals surface area contributed by atoms with E-state index in [2.05, 4.69) is 20.6 Å². The van der Waals surface area contributed by atoms with Crippen LogP contribution in [-0.2, 0) is 17.8 Å². The van der Waals surface area contributed by atoms with E-state index in [0.29, 0.717) is 12.5 Å². The molecule has 1 aliphatic heterocycles. The summed E-state index contributed by atoms with van der Waals surface area (Å²) < 4.78 is 0. The van der Waals surface area contributed by atoms with Crippen LogP contribution < -0.4 is 5.32 Å². The number of amides is 1. The Morgan fingerprint density at radius 2 is 1.91 bits per heavy atom. The number of carbonyl (C=O) groups excluding carboxylic acids is 1. The molecule has 4 nitrogen and oxygen atoms in total. The summed E-state index contributed by atoms with van der Waals surface area (Å²) in [5.41, 5.74) is 0.935. The molecule has 2 heterocycles. The lowest BCUT2D eigenvalue weighted by molar-refractivity contribution is -0.121. The molecule has 0 aromatic carbocycles. The fourth-order valence-electron chi connectivity index (χ4n) is 3.50. The lowest BCUT2D eigenvalue weighted by Crippen LogP contribution is -2.35. The van der Waals surface area contributed by atoms with Crippen molar-refractivity contribution in [1.29, 1.82) is 0 Å². The highest BCUT2D eigenvalue weighted by Gasteiger charge is 2.17. The maximum Gasteiger partial charge on any atom is 0.226 e. The molecule has 3 rings (SSSR count). The fraction of sp³-hybridized carbons (Fsp3) is 0.765. The number of nitrogens with one attached hydrogen (secondary N) is 1. The molecule has 0 atom stereocenters. The maximum absolute atomic E-state index is 12.2. The van der Waals surface area contributed by atoms with E-state index >= 15 is 0 Å². The van der Waals surface area contributed by atoms with Gasteiger partial charge in [-0.25, -0.2) is 4.98 Å². The Morgan fingerprint density at radius 1 is 1.18 bits per heavy atom. The zero-order chi connectivity index (χ0) is 15.2. The minimum absolute atomic E-state index is 0.143. The van der Waals surface area contributed by atoms with Gasteiger partial charge in [0.25, 0.3) is 0 Å². The van der Waals surface area contributed by atoms with Gasteiger partial charge in [0.15, 0.2) is 0 Å². The minimum atomic E-state index is 0.143. The SMILES string of the molecule is O=C(Cc1csc(CN2CCCC2)n1)NC1CCCCCC1. The summed E-state index contributed by atoms with van der Waals surface area (Å²) in [6, 6.07) is 0.387. The van der Waals surface area contributed by atoms with Crippen LogP contribution >= 0.6 is 11.3 Å². The number of likely N-dealkylation sites (tertiary alicyclic amines) is 1. The van der Waals surface area contributed by atoms with E-state index in [1.807, 2.05) is 0 Å². The number of thiazole rings is 1. The van der Waals surface area contributed by atoms with Crippen LogP contribution in [0.15, 0.2) is 5.38 Å². The predicted molar refractivity (Wildman–Crippen MR) is 90.0 cm³/mol. The van der Waals surface area contributed by atoms with Crippen LogP contribution in [0.1, 0.15) is 62.1 Å². The Hall–Kier alpha value is -0.940. The topological polar surface area (TPSA) is 45.2 Å². The van der Waals surface area contributed by atoms with Crippen LogP contribution in [0.4, 0.5) is 0 Å². The highest BCUT2D eigenvalue weighted by molar-refractivity contribution is 7.09. The molecule has 5 heteroatoms. The lowest BCUT2D eigenvalue weighted by atomic mass is 10.1. The maximum atomic E-state index is 12.2. The second kappa shape index (κ2) is 8.06. The normalized spacial score (nSPS) is 20.9. The van der Waals surface area contributed by atoms with Gasteiger partial charge in [-0.3, -0.25) is 9.69 Å². The van der Waals surface area contributed by atoms with Gasteiger partial charge in [-0.1, -0.05) is 25.7 Å². The van der Waals surface area contributed by atoms with Crippen molar-refractivity contribution in [3.8, 4) is 0 Å². The average Bonchev–Trinajstić information content (AvgIpc) is 3.08. The summed E-state index contributed by atoms with van der Waals surface area (Å²) >= 11 is 1.70. The van der Waals surface area contributed by atoms with E-state index in [1.54, 1.807) is 11.3 Å². The second-order valence-corrected chi connectivity index (χ2v) is 7.59. The van der Waals surface area contributed by atoms with E-state index in [4.69, 9.17) is 0 Å². The quantitative estimate of drug-likeness (QED) is 0.848.